The number of aryl methyl sites for hydroxylation is 1. The number of aromatic nitrogens is 6. The highest BCUT2D eigenvalue weighted by Crippen LogP contribution is 2.32. The van der Waals surface area contributed by atoms with Crippen molar-refractivity contribution in [3.8, 4) is 16.9 Å². The van der Waals surface area contributed by atoms with E-state index in [2.05, 4.69) is 25.7 Å². The fraction of sp³-hybridized carbons (Fsp3) is 0.276. The number of anilines is 1. The number of rotatable bonds is 8. The number of halogens is 1. The smallest absolute Gasteiger partial charge is 0.320 e. The first-order valence-corrected chi connectivity index (χ1v) is 13.5. The number of hydroxylamine groups is 2. The maximum Gasteiger partial charge on any atom is 0.320 e. The molecule has 1 fully saturated rings. The molecule has 0 radical (unpaired) electrons. The molecule has 13 heteroatoms. The van der Waals surface area contributed by atoms with Crippen molar-refractivity contribution in [1.29, 1.82) is 0 Å². The topological polar surface area (TPSA) is 124 Å². The van der Waals surface area contributed by atoms with Crippen LogP contribution in [0.2, 0.25) is 0 Å². The van der Waals surface area contributed by atoms with E-state index in [0.29, 0.717) is 48.2 Å². The molecule has 216 valence electrons. The van der Waals surface area contributed by atoms with Gasteiger partial charge in [-0.1, -0.05) is 18.2 Å². The van der Waals surface area contributed by atoms with E-state index >= 15 is 0 Å². The van der Waals surface area contributed by atoms with E-state index in [4.69, 9.17) is 14.7 Å². The monoisotopic (exact) mass is 571 g/mol. The summed E-state index contributed by atoms with van der Waals surface area (Å²) < 4.78 is 22.6. The third-order valence-corrected chi connectivity index (χ3v) is 7.04. The molecule has 0 aliphatic carbocycles. The van der Waals surface area contributed by atoms with Gasteiger partial charge in [-0.15, -0.1) is 0 Å². The van der Waals surface area contributed by atoms with Gasteiger partial charge >= 0.3 is 6.03 Å². The van der Waals surface area contributed by atoms with Gasteiger partial charge in [0, 0.05) is 43.7 Å². The summed E-state index contributed by atoms with van der Waals surface area (Å²) in [5.41, 5.74) is 4.34. The number of urea groups is 1. The summed E-state index contributed by atoms with van der Waals surface area (Å²) in [4.78, 5) is 27.7. The molecule has 5 aromatic rings. The lowest BCUT2D eigenvalue weighted by Crippen LogP contribution is -2.42. The highest BCUT2D eigenvalue weighted by Gasteiger charge is 2.37. The summed E-state index contributed by atoms with van der Waals surface area (Å²) in [6.45, 7) is 5.05. The number of nitrogens with one attached hydrogen (secondary N) is 2. The summed E-state index contributed by atoms with van der Waals surface area (Å²) in [6.07, 6.45) is 2.60. The Bertz CT molecular complexity index is 1720. The zero-order valence-electron chi connectivity index (χ0n) is 23.4. The fourth-order valence-corrected chi connectivity index (χ4v) is 5.06. The van der Waals surface area contributed by atoms with Gasteiger partial charge in [-0.2, -0.15) is 19.7 Å². The van der Waals surface area contributed by atoms with Crippen molar-refractivity contribution in [2.45, 2.75) is 26.0 Å². The van der Waals surface area contributed by atoms with E-state index in [1.54, 1.807) is 27.4 Å². The predicted molar refractivity (Wildman–Crippen MR) is 152 cm³/mol. The molecule has 2 atom stereocenters. The van der Waals surface area contributed by atoms with Crippen molar-refractivity contribution in [3.05, 3.63) is 89.9 Å². The lowest BCUT2D eigenvalue weighted by Gasteiger charge is -2.19. The largest absolute Gasteiger partial charge is 0.383 e. The molecule has 0 saturated carbocycles. The number of nitrogens with zero attached hydrogens (tertiary/aromatic N) is 7. The summed E-state index contributed by atoms with van der Waals surface area (Å²) in [5, 5.41) is 17.0. The molecule has 2 N–H and O–H groups in total. The molecule has 0 spiro atoms. The first-order valence-electron chi connectivity index (χ1n) is 13.5. The molecule has 1 saturated heterocycles. The number of amides is 2. The maximum atomic E-state index is 14.0. The molecule has 0 unspecified atom stereocenters. The van der Waals surface area contributed by atoms with E-state index in [0.717, 1.165) is 16.8 Å². The molecule has 6 rings (SSSR count). The molecule has 5 heterocycles. The maximum absolute atomic E-state index is 14.0. The Morgan fingerprint density at radius 2 is 1.98 bits per heavy atom. The van der Waals surface area contributed by atoms with Crippen molar-refractivity contribution in [1.82, 2.24) is 39.7 Å². The van der Waals surface area contributed by atoms with Gasteiger partial charge in [0.1, 0.15) is 17.7 Å². The zero-order chi connectivity index (χ0) is 29.2. The number of ether oxygens (including phenoxy) is 1. The highest BCUT2D eigenvalue weighted by molar-refractivity contribution is 5.91. The van der Waals surface area contributed by atoms with E-state index in [9.17, 15) is 9.18 Å². The number of hydrogen-bond donors (Lipinski definition) is 2. The molecule has 2 amide bonds. The quantitative estimate of drug-likeness (QED) is 0.269. The number of methoxy groups -OCH3 is 1. The third-order valence-electron chi connectivity index (χ3n) is 7.04. The van der Waals surface area contributed by atoms with Crippen LogP contribution in [0, 0.1) is 19.8 Å². The van der Waals surface area contributed by atoms with Gasteiger partial charge in [0.2, 0.25) is 5.95 Å². The van der Waals surface area contributed by atoms with Gasteiger partial charge in [0.15, 0.2) is 5.65 Å². The van der Waals surface area contributed by atoms with Gasteiger partial charge in [-0.05, 0) is 55.8 Å². The molecular weight excluding hydrogens is 541 g/mol. The lowest BCUT2D eigenvalue weighted by atomic mass is 10.0. The van der Waals surface area contributed by atoms with Crippen molar-refractivity contribution in [2.75, 3.05) is 32.1 Å². The standard InChI is InChI=1S/C29H30FN9O3/c1-18-26(20-10-12-38-25(16-20)32-19(2)35-38)36-39(22-7-5-4-6-8-22)28(18)34-29(40)33-23-17-37(13-14-41-3)42-27(23)21-9-11-31-24(30)15-21/h4-12,15-16,23,27H,13-14,17H2,1-3H3,(H2,33,34,40)/t23-,27+/m1/s1. The summed E-state index contributed by atoms with van der Waals surface area (Å²) in [6, 6.07) is 15.4. The van der Waals surface area contributed by atoms with Crippen LogP contribution in [-0.4, -0.2) is 73.3 Å². The van der Waals surface area contributed by atoms with Crippen molar-refractivity contribution in [3.63, 3.8) is 0 Å². The molecule has 4 aromatic heterocycles. The van der Waals surface area contributed by atoms with Crippen LogP contribution in [0.4, 0.5) is 15.0 Å². The third kappa shape index (κ3) is 5.57. The average Bonchev–Trinajstić information content (AvgIpc) is 3.66. The Morgan fingerprint density at radius 1 is 1.14 bits per heavy atom. The Kier molecular flexibility index (Phi) is 7.61. The van der Waals surface area contributed by atoms with Gasteiger partial charge < -0.3 is 10.1 Å². The predicted octanol–water partition coefficient (Wildman–Crippen LogP) is 3.86. The minimum absolute atomic E-state index is 0.380. The number of para-hydroxylation sites is 1. The van der Waals surface area contributed by atoms with Crippen molar-refractivity contribution < 1.29 is 18.8 Å². The second-order valence-electron chi connectivity index (χ2n) is 9.97. The highest BCUT2D eigenvalue weighted by atomic mass is 19.1. The molecule has 0 bridgehead atoms. The number of carbonyl (C=O) groups is 1. The minimum atomic E-state index is -0.621. The van der Waals surface area contributed by atoms with Crippen LogP contribution < -0.4 is 10.6 Å². The van der Waals surface area contributed by atoms with E-state index in [1.165, 1.54) is 12.3 Å². The van der Waals surface area contributed by atoms with Crippen LogP contribution in [0.25, 0.3) is 22.6 Å². The summed E-state index contributed by atoms with van der Waals surface area (Å²) in [5.74, 6) is 0.555. The van der Waals surface area contributed by atoms with Gasteiger partial charge in [0.25, 0.3) is 0 Å². The molecule has 12 nitrogen and oxygen atoms in total. The molecule has 1 aliphatic rings. The van der Waals surface area contributed by atoms with Crippen LogP contribution in [-0.2, 0) is 9.57 Å². The van der Waals surface area contributed by atoms with Crippen LogP contribution in [0.15, 0.2) is 67.0 Å². The van der Waals surface area contributed by atoms with Gasteiger partial charge in [0.05, 0.1) is 24.0 Å². The van der Waals surface area contributed by atoms with Crippen molar-refractivity contribution in [2.24, 2.45) is 0 Å². The first kappa shape index (κ1) is 27.4. The Hall–Kier alpha value is -4.72. The fourth-order valence-electron chi connectivity index (χ4n) is 5.06. The van der Waals surface area contributed by atoms with Gasteiger partial charge in [-0.3, -0.25) is 10.2 Å². The lowest BCUT2D eigenvalue weighted by molar-refractivity contribution is -0.154. The second kappa shape index (κ2) is 11.6. The van der Waals surface area contributed by atoms with E-state index in [1.807, 2.05) is 62.5 Å². The number of carbonyl (C=O) groups excluding carboxylic acids is 1. The molecular formula is C29H30FN9O3. The molecule has 1 aliphatic heterocycles. The van der Waals surface area contributed by atoms with E-state index < -0.39 is 24.1 Å². The SMILES string of the molecule is COCCN1C[C@@H](NC(=O)Nc2c(C)c(-c3ccn4nc(C)nc4c3)nn2-c2ccccc2)[C@H](c2ccnc(F)c2)O1. The number of fused-ring (bicyclic) bond motifs is 1. The van der Waals surface area contributed by atoms with Crippen LogP contribution in [0.1, 0.15) is 23.1 Å². The molecule has 1 aromatic carbocycles. The van der Waals surface area contributed by atoms with Crippen LogP contribution in [0.3, 0.4) is 0 Å². The molecule has 42 heavy (non-hydrogen) atoms. The van der Waals surface area contributed by atoms with Crippen LogP contribution in [0.5, 0.6) is 0 Å². The number of benzene rings is 1. The normalized spacial score (nSPS) is 17.1. The zero-order valence-corrected chi connectivity index (χ0v) is 23.4. The van der Waals surface area contributed by atoms with Crippen LogP contribution >= 0.6 is 0 Å². The Morgan fingerprint density at radius 3 is 2.76 bits per heavy atom. The minimum Gasteiger partial charge on any atom is -0.383 e. The summed E-state index contributed by atoms with van der Waals surface area (Å²) in [7, 11) is 1.60. The number of pyridine rings is 2. The first-order chi connectivity index (χ1) is 20.4. The Labute approximate surface area is 241 Å². The van der Waals surface area contributed by atoms with Crippen molar-refractivity contribution >= 4 is 17.5 Å². The van der Waals surface area contributed by atoms with Gasteiger partial charge in [-0.25, -0.2) is 24.0 Å². The second-order valence-corrected chi connectivity index (χ2v) is 9.97. The average molecular weight is 572 g/mol. The van der Waals surface area contributed by atoms with E-state index in [-0.39, 0.29) is 0 Å². The number of hydrogen-bond acceptors (Lipinski definition) is 8. The summed E-state index contributed by atoms with van der Waals surface area (Å²) >= 11 is 0. The Balaban J connectivity index is 1.30.